The number of hydrogen-bond donors (Lipinski definition) is 2. The van der Waals surface area contributed by atoms with Gasteiger partial charge in [-0.2, -0.15) is 5.26 Å². The van der Waals surface area contributed by atoms with Gasteiger partial charge in [0.15, 0.2) is 0 Å². The van der Waals surface area contributed by atoms with Crippen LogP contribution in [0.3, 0.4) is 0 Å². The largest absolute Gasteiger partial charge is 0.355 e. The van der Waals surface area contributed by atoms with Gasteiger partial charge in [0.1, 0.15) is 4.21 Å². The van der Waals surface area contributed by atoms with E-state index in [1.54, 1.807) is 54.6 Å². The van der Waals surface area contributed by atoms with Gasteiger partial charge in [0.25, 0.3) is 10.0 Å². The van der Waals surface area contributed by atoms with Gasteiger partial charge in [0.2, 0.25) is 0 Å². The first-order valence-corrected chi connectivity index (χ1v) is 9.73. The molecule has 2 aromatic carbocycles. The van der Waals surface area contributed by atoms with Crippen LogP contribution in [0.1, 0.15) is 10.4 Å². The van der Waals surface area contributed by atoms with Gasteiger partial charge in [0, 0.05) is 21.9 Å². The minimum atomic E-state index is -3.56. The van der Waals surface area contributed by atoms with Crippen molar-refractivity contribution in [3.8, 4) is 6.07 Å². The highest BCUT2D eigenvalue weighted by molar-refractivity contribution is 7.94. The number of nitrogens with one attached hydrogen (secondary N) is 2. The summed E-state index contributed by atoms with van der Waals surface area (Å²) >= 11 is 1.23. The summed E-state index contributed by atoms with van der Waals surface area (Å²) in [5.41, 5.74) is 2.65. The highest BCUT2D eigenvalue weighted by atomic mass is 32.2. The molecule has 3 aromatic rings. The van der Waals surface area contributed by atoms with E-state index in [0.29, 0.717) is 15.5 Å². The lowest BCUT2D eigenvalue weighted by atomic mass is 10.2. The molecule has 0 unspecified atom stereocenters. The van der Waals surface area contributed by atoms with Crippen molar-refractivity contribution in [1.29, 1.82) is 5.26 Å². The van der Waals surface area contributed by atoms with E-state index >= 15 is 0 Å². The van der Waals surface area contributed by atoms with Crippen molar-refractivity contribution in [2.45, 2.75) is 11.1 Å². The molecule has 1 heterocycles. The van der Waals surface area contributed by atoms with E-state index in [9.17, 15) is 8.42 Å². The Kier molecular flexibility index (Phi) is 4.74. The summed E-state index contributed by atoms with van der Waals surface area (Å²) in [6, 6.07) is 19.5. The third-order valence-electron chi connectivity index (χ3n) is 3.40. The van der Waals surface area contributed by atoms with Crippen LogP contribution in [-0.2, 0) is 10.0 Å². The van der Waals surface area contributed by atoms with Gasteiger partial charge >= 0.3 is 0 Å². The molecule has 0 fully saturated rings. The van der Waals surface area contributed by atoms with Crippen LogP contribution in [0.15, 0.2) is 64.9 Å². The predicted molar refractivity (Wildman–Crippen MR) is 101 cm³/mol. The van der Waals surface area contributed by atoms with Crippen LogP contribution in [-0.4, -0.2) is 8.42 Å². The second-order valence-electron chi connectivity index (χ2n) is 5.37. The number of aryl methyl sites for hydroxylation is 1. The minimum Gasteiger partial charge on any atom is -0.355 e. The van der Waals surface area contributed by atoms with Gasteiger partial charge in [0.05, 0.1) is 11.6 Å². The van der Waals surface area contributed by atoms with Crippen molar-refractivity contribution >= 4 is 38.4 Å². The van der Waals surface area contributed by atoms with Crippen molar-refractivity contribution in [3.63, 3.8) is 0 Å². The first kappa shape index (κ1) is 17.0. The Balaban J connectivity index is 1.73. The number of sulfonamides is 1. The maximum Gasteiger partial charge on any atom is 0.271 e. The quantitative estimate of drug-likeness (QED) is 0.695. The summed E-state index contributed by atoms with van der Waals surface area (Å²) < 4.78 is 27.5. The number of nitrogens with zero attached hydrogens (tertiary/aromatic N) is 1. The fraction of sp³-hybridized carbons (Fsp3) is 0.0556. The van der Waals surface area contributed by atoms with Crippen molar-refractivity contribution in [2.24, 2.45) is 0 Å². The number of rotatable bonds is 5. The maximum absolute atomic E-state index is 12.3. The Morgan fingerprint density at radius 3 is 2.32 bits per heavy atom. The smallest absolute Gasteiger partial charge is 0.271 e. The molecular formula is C18H15N3O2S2. The number of benzene rings is 2. The van der Waals surface area contributed by atoms with Crippen LogP contribution in [0.2, 0.25) is 0 Å². The molecular weight excluding hydrogens is 354 g/mol. The monoisotopic (exact) mass is 369 g/mol. The Bertz CT molecular complexity index is 1030. The first-order valence-electron chi connectivity index (χ1n) is 7.43. The Labute approximate surface area is 150 Å². The van der Waals surface area contributed by atoms with E-state index < -0.39 is 10.0 Å². The zero-order chi connectivity index (χ0) is 17.9. The molecule has 0 radical (unpaired) electrons. The summed E-state index contributed by atoms with van der Waals surface area (Å²) in [4.78, 5) is 0.944. The molecule has 7 heteroatoms. The average molecular weight is 369 g/mol. The van der Waals surface area contributed by atoms with E-state index in [0.717, 1.165) is 16.3 Å². The molecule has 5 nitrogen and oxygen atoms in total. The van der Waals surface area contributed by atoms with Crippen LogP contribution < -0.4 is 10.0 Å². The normalized spacial score (nSPS) is 10.9. The molecule has 1 aromatic heterocycles. The summed E-state index contributed by atoms with van der Waals surface area (Å²) in [7, 11) is -3.56. The van der Waals surface area contributed by atoms with Crippen molar-refractivity contribution in [3.05, 3.63) is 71.1 Å². The van der Waals surface area contributed by atoms with Gasteiger partial charge < -0.3 is 5.32 Å². The van der Waals surface area contributed by atoms with Crippen LogP contribution >= 0.6 is 11.3 Å². The second-order valence-corrected chi connectivity index (χ2v) is 8.56. The van der Waals surface area contributed by atoms with E-state index in [1.807, 2.05) is 13.0 Å². The lowest BCUT2D eigenvalue weighted by Gasteiger charge is -2.09. The molecule has 3 rings (SSSR count). The van der Waals surface area contributed by atoms with Gasteiger partial charge in [-0.05, 0) is 61.5 Å². The molecule has 0 saturated heterocycles. The van der Waals surface area contributed by atoms with Crippen molar-refractivity contribution in [2.75, 3.05) is 10.0 Å². The molecule has 0 spiro atoms. The Hall–Kier alpha value is -2.82. The fourth-order valence-electron chi connectivity index (χ4n) is 2.22. The van der Waals surface area contributed by atoms with Gasteiger partial charge in [-0.1, -0.05) is 6.07 Å². The number of thiophene rings is 1. The highest BCUT2D eigenvalue weighted by Crippen LogP contribution is 2.25. The highest BCUT2D eigenvalue weighted by Gasteiger charge is 2.16. The average Bonchev–Trinajstić information content (AvgIpc) is 3.04. The molecule has 2 N–H and O–H groups in total. The molecule has 126 valence electrons. The van der Waals surface area contributed by atoms with Crippen LogP contribution in [0, 0.1) is 18.3 Å². The SMILES string of the molecule is Cc1ccc(S(=O)(=O)Nc2ccc(Nc3cccc(C#N)c3)cc2)s1. The first-order chi connectivity index (χ1) is 12.0. The zero-order valence-electron chi connectivity index (χ0n) is 13.4. The predicted octanol–water partition coefficient (Wildman–Crippen LogP) is 4.47. The minimum absolute atomic E-state index is 0.292. The summed E-state index contributed by atoms with van der Waals surface area (Å²) in [6.45, 7) is 1.87. The second kappa shape index (κ2) is 6.97. The summed E-state index contributed by atoms with van der Waals surface area (Å²) in [6.07, 6.45) is 0. The standard InChI is InChI=1S/C18H15N3O2S2/c1-13-5-10-18(24-13)25(22,23)21-16-8-6-15(7-9-16)20-17-4-2-3-14(11-17)12-19/h2-11,20-21H,1H3. The Morgan fingerprint density at radius 2 is 1.68 bits per heavy atom. The molecule has 25 heavy (non-hydrogen) atoms. The Morgan fingerprint density at radius 1 is 0.960 bits per heavy atom. The summed E-state index contributed by atoms with van der Waals surface area (Å²) in [5, 5.41) is 12.1. The van der Waals surface area contributed by atoms with E-state index in [1.165, 1.54) is 11.3 Å². The van der Waals surface area contributed by atoms with Crippen molar-refractivity contribution in [1.82, 2.24) is 0 Å². The van der Waals surface area contributed by atoms with E-state index in [-0.39, 0.29) is 0 Å². The number of nitriles is 1. The zero-order valence-corrected chi connectivity index (χ0v) is 15.0. The molecule has 0 aliphatic rings. The van der Waals surface area contributed by atoms with Crippen LogP contribution in [0.4, 0.5) is 17.1 Å². The van der Waals surface area contributed by atoms with Crippen LogP contribution in [0.25, 0.3) is 0 Å². The van der Waals surface area contributed by atoms with E-state index in [4.69, 9.17) is 5.26 Å². The molecule has 0 saturated carbocycles. The van der Waals surface area contributed by atoms with Crippen molar-refractivity contribution < 1.29 is 8.42 Å². The van der Waals surface area contributed by atoms with Gasteiger partial charge in [-0.25, -0.2) is 8.42 Å². The fourth-order valence-corrected chi connectivity index (χ4v) is 4.56. The molecule has 0 bridgehead atoms. The number of anilines is 3. The van der Waals surface area contributed by atoms with Gasteiger partial charge in [-0.15, -0.1) is 11.3 Å². The van der Waals surface area contributed by atoms with Gasteiger partial charge in [-0.3, -0.25) is 4.72 Å². The maximum atomic E-state index is 12.3. The summed E-state index contributed by atoms with van der Waals surface area (Å²) in [5.74, 6) is 0. The third-order valence-corrected chi connectivity index (χ3v) is 6.27. The lowest BCUT2D eigenvalue weighted by molar-refractivity contribution is 0.603. The molecule has 0 aliphatic carbocycles. The number of hydrogen-bond acceptors (Lipinski definition) is 5. The van der Waals surface area contributed by atoms with E-state index in [2.05, 4.69) is 16.1 Å². The molecule has 0 amide bonds. The lowest BCUT2D eigenvalue weighted by Crippen LogP contribution is -2.11. The molecule has 0 atom stereocenters. The van der Waals surface area contributed by atoms with Crippen LogP contribution in [0.5, 0.6) is 0 Å². The third kappa shape index (κ3) is 4.18. The molecule has 0 aliphatic heterocycles. The topological polar surface area (TPSA) is 82.0 Å².